The molecule has 1 saturated carbocycles. The fraction of sp³-hybridized carbons (Fsp3) is 0.545. The number of halogens is 1. The van der Waals surface area contributed by atoms with Gasteiger partial charge in [-0.2, -0.15) is 0 Å². The molecule has 0 amide bonds. The van der Waals surface area contributed by atoms with E-state index in [9.17, 15) is 0 Å². The number of nitrogens with zero attached hydrogens (tertiary/aromatic N) is 2. The summed E-state index contributed by atoms with van der Waals surface area (Å²) in [6, 6.07) is 2.84. The van der Waals surface area contributed by atoms with Crippen LogP contribution in [-0.2, 0) is 6.54 Å². The molecule has 0 radical (unpaired) electrons. The Bertz CT molecular complexity index is 350. The first-order valence-corrected chi connectivity index (χ1v) is 6.03. The van der Waals surface area contributed by atoms with Crippen molar-refractivity contribution >= 4 is 21.7 Å². The van der Waals surface area contributed by atoms with Crippen molar-refractivity contribution in [3.63, 3.8) is 0 Å². The standard InChI is InChI=1S/C11H16BrN3/c1-13-6-8-5-9(12)7-14-11(8)15(2)10-3-4-10/h5,7,10,13H,3-4,6H2,1-2H3. The van der Waals surface area contributed by atoms with Gasteiger partial charge in [0.15, 0.2) is 0 Å². The Hall–Kier alpha value is -0.610. The molecule has 3 nitrogen and oxygen atoms in total. The Morgan fingerprint density at radius 1 is 1.60 bits per heavy atom. The molecule has 0 aromatic carbocycles. The summed E-state index contributed by atoms with van der Waals surface area (Å²) in [4.78, 5) is 6.79. The van der Waals surface area contributed by atoms with Crippen LogP contribution in [0, 0.1) is 0 Å². The Morgan fingerprint density at radius 2 is 2.33 bits per heavy atom. The minimum absolute atomic E-state index is 0.703. The van der Waals surface area contributed by atoms with E-state index in [4.69, 9.17) is 0 Å². The predicted molar refractivity (Wildman–Crippen MR) is 66.1 cm³/mol. The summed E-state index contributed by atoms with van der Waals surface area (Å²) in [5.41, 5.74) is 1.25. The van der Waals surface area contributed by atoms with Gasteiger partial charge >= 0.3 is 0 Å². The highest BCUT2D eigenvalue weighted by Gasteiger charge is 2.28. The Labute approximate surface area is 99.0 Å². The van der Waals surface area contributed by atoms with Crippen molar-refractivity contribution < 1.29 is 0 Å². The van der Waals surface area contributed by atoms with E-state index < -0.39 is 0 Å². The van der Waals surface area contributed by atoms with Gasteiger partial charge in [0.1, 0.15) is 5.82 Å². The highest BCUT2D eigenvalue weighted by molar-refractivity contribution is 9.10. The van der Waals surface area contributed by atoms with Crippen LogP contribution in [0.4, 0.5) is 5.82 Å². The maximum absolute atomic E-state index is 4.50. The molecule has 1 aromatic rings. The van der Waals surface area contributed by atoms with Gasteiger partial charge in [-0.1, -0.05) is 0 Å². The normalized spacial score (nSPS) is 15.4. The van der Waals surface area contributed by atoms with Gasteiger partial charge < -0.3 is 10.2 Å². The molecule has 2 rings (SSSR count). The van der Waals surface area contributed by atoms with Crippen LogP contribution in [0.15, 0.2) is 16.7 Å². The zero-order valence-corrected chi connectivity index (χ0v) is 10.7. The van der Waals surface area contributed by atoms with E-state index in [-0.39, 0.29) is 0 Å². The van der Waals surface area contributed by atoms with Crippen LogP contribution in [0.3, 0.4) is 0 Å². The second-order valence-corrected chi connectivity index (χ2v) is 4.92. The SMILES string of the molecule is CNCc1cc(Br)cnc1N(C)C1CC1. The molecule has 0 unspecified atom stereocenters. The Morgan fingerprint density at radius 3 is 2.93 bits per heavy atom. The zero-order valence-electron chi connectivity index (χ0n) is 9.13. The monoisotopic (exact) mass is 269 g/mol. The van der Waals surface area contributed by atoms with Crippen LogP contribution in [0.2, 0.25) is 0 Å². The molecule has 0 spiro atoms. The molecule has 0 saturated heterocycles. The van der Waals surface area contributed by atoms with Crippen molar-refractivity contribution in [3.8, 4) is 0 Å². The largest absolute Gasteiger partial charge is 0.356 e. The van der Waals surface area contributed by atoms with Crippen LogP contribution in [0.5, 0.6) is 0 Å². The molecule has 4 heteroatoms. The first-order chi connectivity index (χ1) is 7.22. The number of hydrogen-bond donors (Lipinski definition) is 1. The molecule has 0 atom stereocenters. The quantitative estimate of drug-likeness (QED) is 0.908. The van der Waals surface area contributed by atoms with Crippen LogP contribution >= 0.6 is 15.9 Å². The number of pyridine rings is 1. The summed E-state index contributed by atoms with van der Waals surface area (Å²) in [7, 11) is 4.09. The number of nitrogens with one attached hydrogen (secondary N) is 1. The van der Waals surface area contributed by atoms with Crippen LogP contribution in [0.25, 0.3) is 0 Å². The van der Waals surface area contributed by atoms with E-state index in [0.717, 1.165) is 16.8 Å². The first-order valence-electron chi connectivity index (χ1n) is 5.24. The van der Waals surface area contributed by atoms with E-state index in [1.807, 2.05) is 13.2 Å². The van der Waals surface area contributed by atoms with Gasteiger partial charge in [0.2, 0.25) is 0 Å². The summed E-state index contributed by atoms with van der Waals surface area (Å²) in [6.45, 7) is 0.860. The number of aromatic nitrogens is 1. The maximum atomic E-state index is 4.50. The molecule has 1 aliphatic rings. The molecule has 82 valence electrons. The molecule has 1 heterocycles. The van der Waals surface area contributed by atoms with Gasteiger partial charge in [-0.05, 0) is 41.9 Å². The van der Waals surface area contributed by atoms with E-state index >= 15 is 0 Å². The summed E-state index contributed by atoms with van der Waals surface area (Å²) >= 11 is 3.46. The Kier molecular flexibility index (Phi) is 3.26. The van der Waals surface area contributed by atoms with Gasteiger partial charge in [0.25, 0.3) is 0 Å². The lowest BCUT2D eigenvalue weighted by molar-refractivity contribution is 0.793. The van der Waals surface area contributed by atoms with Crippen LogP contribution in [0.1, 0.15) is 18.4 Å². The van der Waals surface area contributed by atoms with Crippen molar-refractivity contribution in [2.24, 2.45) is 0 Å². The lowest BCUT2D eigenvalue weighted by atomic mass is 10.2. The predicted octanol–water partition coefficient (Wildman–Crippen LogP) is 2.16. The summed E-state index contributed by atoms with van der Waals surface area (Å²) < 4.78 is 1.04. The summed E-state index contributed by atoms with van der Waals surface area (Å²) in [5.74, 6) is 1.11. The Balaban J connectivity index is 2.27. The molecular weight excluding hydrogens is 254 g/mol. The average molecular weight is 270 g/mol. The second-order valence-electron chi connectivity index (χ2n) is 4.01. The lowest BCUT2D eigenvalue weighted by Crippen LogP contribution is -2.23. The third-order valence-corrected chi connectivity index (χ3v) is 3.14. The van der Waals surface area contributed by atoms with E-state index in [1.54, 1.807) is 0 Å². The second kappa shape index (κ2) is 4.49. The van der Waals surface area contributed by atoms with Gasteiger partial charge in [-0.25, -0.2) is 4.98 Å². The number of rotatable bonds is 4. The smallest absolute Gasteiger partial charge is 0.133 e. The van der Waals surface area contributed by atoms with Crippen molar-refractivity contribution in [3.05, 3.63) is 22.3 Å². The highest BCUT2D eigenvalue weighted by Crippen LogP contribution is 2.31. The topological polar surface area (TPSA) is 28.2 Å². The van der Waals surface area contributed by atoms with E-state index in [2.05, 4.69) is 44.2 Å². The van der Waals surface area contributed by atoms with Gasteiger partial charge in [0, 0.05) is 35.9 Å². The first kappa shape index (κ1) is 10.9. The minimum atomic E-state index is 0.703. The fourth-order valence-electron chi connectivity index (χ4n) is 1.75. The lowest BCUT2D eigenvalue weighted by Gasteiger charge is -2.20. The van der Waals surface area contributed by atoms with Gasteiger partial charge in [0.05, 0.1) is 0 Å². The molecule has 0 aliphatic heterocycles. The van der Waals surface area contributed by atoms with Crippen LogP contribution < -0.4 is 10.2 Å². The third-order valence-electron chi connectivity index (χ3n) is 2.71. The van der Waals surface area contributed by atoms with Gasteiger partial charge in [-0.3, -0.25) is 0 Å². The van der Waals surface area contributed by atoms with Crippen molar-refractivity contribution in [1.82, 2.24) is 10.3 Å². The summed E-state index contributed by atoms with van der Waals surface area (Å²) in [6.07, 6.45) is 4.47. The van der Waals surface area contributed by atoms with Crippen LogP contribution in [-0.4, -0.2) is 25.1 Å². The van der Waals surface area contributed by atoms with E-state index in [0.29, 0.717) is 6.04 Å². The molecule has 1 aromatic heterocycles. The third kappa shape index (κ3) is 2.49. The fourth-order valence-corrected chi connectivity index (χ4v) is 2.13. The zero-order chi connectivity index (χ0) is 10.8. The molecule has 15 heavy (non-hydrogen) atoms. The van der Waals surface area contributed by atoms with Crippen molar-refractivity contribution in [2.45, 2.75) is 25.4 Å². The van der Waals surface area contributed by atoms with E-state index in [1.165, 1.54) is 18.4 Å². The highest BCUT2D eigenvalue weighted by atomic mass is 79.9. The number of anilines is 1. The van der Waals surface area contributed by atoms with Gasteiger partial charge in [-0.15, -0.1) is 0 Å². The molecule has 1 aliphatic carbocycles. The molecule has 1 N–H and O–H groups in total. The minimum Gasteiger partial charge on any atom is -0.356 e. The molecule has 1 fully saturated rings. The number of hydrogen-bond acceptors (Lipinski definition) is 3. The average Bonchev–Trinajstić information content (AvgIpc) is 3.01. The maximum Gasteiger partial charge on any atom is 0.133 e. The van der Waals surface area contributed by atoms with Crippen molar-refractivity contribution in [2.75, 3.05) is 19.0 Å². The molecule has 0 bridgehead atoms. The molecular formula is C11H16BrN3. The summed E-state index contributed by atoms with van der Waals surface area (Å²) in [5, 5.41) is 3.18. The van der Waals surface area contributed by atoms with Crippen molar-refractivity contribution in [1.29, 1.82) is 0 Å².